The van der Waals surface area contributed by atoms with E-state index in [-0.39, 0.29) is 0 Å². The predicted octanol–water partition coefficient (Wildman–Crippen LogP) is 1.71. The van der Waals surface area contributed by atoms with Gasteiger partial charge in [0, 0.05) is 10.7 Å². The molecular weight excluding hydrogens is 365 g/mol. The molecule has 0 N–H and O–H groups in total. The summed E-state index contributed by atoms with van der Waals surface area (Å²) in [5.74, 6) is 0. The Morgan fingerprint density at radius 1 is 1.43 bits per heavy atom. The van der Waals surface area contributed by atoms with Gasteiger partial charge in [0.15, 0.2) is 1.26 Å². The van der Waals surface area contributed by atoms with Gasteiger partial charge in [-0.15, -0.1) is 0 Å². The highest BCUT2D eigenvalue weighted by molar-refractivity contribution is 14.2. The first-order chi connectivity index (χ1) is 2.94. The van der Waals surface area contributed by atoms with Crippen LogP contribution in [0, 0.1) is 0 Å². The van der Waals surface area contributed by atoms with Crippen LogP contribution in [-0.2, 0) is 9.05 Å². The lowest BCUT2D eigenvalue weighted by Crippen LogP contribution is -1.95. The molecule has 0 aromatic heterocycles. The summed E-state index contributed by atoms with van der Waals surface area (Å²) in [4.78, 5) is 0. The summed E-state index contributed by atoms with van der Waals surface area (Å²) in [6.07, 6.45) is 0. The number of alkyl halides is 2. The molecule has 0 bridgehead atoms. The Hall–Kier alpha value is 1.70. The number of halogens is 3. The molecule has 44 valence electrons. The summed E-state index contributed by atoms with van der Waals surface area (Å²) >= 11 is 3.43. The van der Waals surface area contributed by atoms with Crippen LogP contribution in [0.25, 0.3) is 0 Å². The molecule has 0 aromatic rings. The summed E-state index contributed by atoms with van der Waals surface area (Å²) in [6.45, 7) is 0. The van der Waals surface area contributed by atoms with Crippen molar-refractivity contribution in [3.8, 4) is 0 Å². The summed E-state index contributed by atoms with van der Waals surface area (Å²) in [5, 5.41) is 0. The maximum Gasteiger partial charge on any atom is 0.254 e. The Labute approximate surface area is 73.7 Å². The fourth-order valence-corrected chi connectivity index (χ4v) is 0. The summed E-state index contributed by atoms with van der Waals surface area (Å²) < 4.78 is 19.6. The molecule has 0 aliphatic carbocycles. The van der Waals surface area contributed by atoms with E-state index in [2.05, 4.69) is 0 Å². The zero-order valence-corrected chi connectivity index (χ0v) is 8.82. The van der Waals surface area contributed by atoms with Crippen molar-refractivity contribution in [1.82, 2.24) is 0 Å². The fourth-order valence-electron chi connectivity index (χ4n) is 0. The molecule has 0 radical (unpaired) electrons. The fraction of sp³-hybridized carbons (Fsp3) is 1.00. The minimum Gasteiger partial charge on any atom is -0.210 e. The first kappa shape index (κ1) is 8.70. The summed E-state index contributed by atoms with van der Waals surface area (Å²) in [6, 6.07) is 0. The lowest BCUT2D eigenvalue weighted by molar-refractivity contribution is 0.613. The normalized spacial score (nSPS) is 12.6. The van der Waals surface area contributed by atoms with Crippen LogP contribution in [0.1, 0.15) is 0 Å². The third-order valence-corrected chi connectivity index (χ3v) is 6.99. The van der Waals surface area contributed by atoms with Crippen molar-refractivity contribution in [1.29, 1.82) is 0 Å². The summed E-state index contributed by atoms with van der Waals surface area (Å²) in [5.41, 5.74) is 0. The molecule has 0 aromatic carbocycles. The first-order valence-corrected chi connectivity index (χ1v) is 6.02. The zero-order chi connectivity index (χ0) is 6.08. The lowest BCUT2D eigenvalue weighted by Gasteiger charge is -1.89. The van der Waals surface area contributed by atoms with Crippen molar-refractivity contribution < 1.29 is 8.42 Å². The van der Waals surface area contributed by atoms with Crippen molar-refractivity contribution in [3.05, 3.63) is 0 Å². The molecule has 0 rings (SSSR count). The Kier molecular flexibility index (Phi) is 3.75. The predicted molar refractivity (Wildman–Crippen MR) is 46.6 cm³/mol. The third-order valence-electron chi connectivity index (χ3n) is 0.213. The van der Waals surface area contributed by atoms with Gasteiger partial charge in [0.2, 0.25) is 0 Å². The SMILES string of the molecule is O=S(=O)(Cl)C(I)I. The Morgan fingerprint density at radius 3 is 1.57 bits per heavy atom. The van der Waals surface area contributed by atoms with E-state index in [1.54, 1.807) is 45.2 Å². The van der Waals surface area contributed by atoms with Gasteiger partial charge in [-0.25, -0.2) is 8.42 Å². The highest BCUT2D eigenvalue weighted by Gasteiger charge is 2.13. The summed E-state index contributed by atoms with van der Waals surface area (Å²) in [7, 11) is 1.53. The van der Waals surface area contributed by atoms with Crippen molar-refractivity contribution >= 4 is 64.9 Å². The smallest absolute Gasteiger partial charge is 0.210 e. The second-order valence-corrected chi connectivity index (χ2v) is 10.0. The maximum atomic E-state index is 10.1. The van der Waals surface area contributed by atoms with Gasteiger partial charge in [0.25, 0.3) is 9.05 Å². The zero-order valence-electron chi connectivity index (χ0n) is 2.94. The standard InChI is InChI=1S/CHClI2O2S/c2-7(5,6)1(3)4/h1H. The molecule has 2 nitrogen and oxygen atoms in total. The Bertz CT molecular complexity index is 138. The molecule has 0 fully saturated rings. The molecule has 0 unspecified atom stereocenters. The number of hydrogen-bond donors (Lipinski definition) is 0. The second kappa shape index (κ2) is 3.02. The van der Waals surface area contributed by atoms with Crippen molar-refractivity contribution in [2.75, 3.05) is 0 Å². The van der Waals surface area contributed by atoms with E-state index < -0.39 is 10.3 Å². The van der Waals surface area contributed by atoms with E-state index in [1.165, 1.54) is 0 Å². The molecule has 7 heavy (non-hydrogen) atoms. The number of rotatable bonds is 1. The van der Waals surface area contributed by atoms with Crippen molar-refractivity contribution in [3.63, 3.8) is 0 Å². The van der Waals surface area contributed by atoms with Gasteiger partial charge in [0.1, 0.15) is 0 Å². The van der Waals surface area contributed by atoms with Crippen molar-refractivity contribution in [2.24, 2.45) is 0 Å². The average molecular weight is 366 g/mol. The molecule has 6 heteroatoms. The topological polar surface area (TPSA) is 34.1 Å². The second-order valence-electron chi connectivity index (χ2n) is 0.736. The Balaban J connectivity index is 4.10. The average Bonchev–Trinajstić information content (AvgIpc) is 1.31. The molecule has 0 atom stereocenters. The van der Waals surface area contributed by atoms with Crippen LogP contribution in [-0.4, -0.2) is 9.68 Å². The first-order valence-electron chi connectivity index (χ1n) is 1.16. The number of hydrogen-bond acceptors (Lipinski definition) is 2. The molecule has 0 saturated heterocycles. The monoisotopic (exact) mass is 366 g/mol. The van der Waals surface area contributed by atoms with Gasteiger partial charge in [-0.2, -0.15) is 0 Å². The quantitative estimate of drug-likeness (QED) is 0.402. The van der Waals surface area contributed by atoms with E-state index in [1.807, 2.05) is 0 Å². The van der Waals surface area contributed by atoms with Crippen LogP contribution in [0.15, 0.2) is 0 Å². The van der Waals surface area contributed by atoms with E-state index in [0.29, 0.717) is 0 Å². The van der Waals surface area contributed by atoms with Gasteiger partial charge in [-0.1, -0.05) is 45.2 Å². The molecule has 0 heterocycles. The van der Waals surface area contributed by atoms with Crippen LogP contribution in [0.2, 0.25) is 0 Å². The molecule has 0 aliphatic rings. The van der Waals surface area contributed by atoms with Crippen LogP contribution in [0.3, 0.4) is 0 Å². The van der Waals surface area contributed by atoms with E-state index in [0.717, 1.165) is 0 Å². The third kappa shape index (κ3) is 4.22. The van der Waals surface area contributed by atoms with E-state index >= 15 is 0 Å². The highest BCUT2D eigenvalue weighted by atomic mass is 127. The minimum absolute atomic E-state index is 0.524. The van der Waals surface area contributed by atoms with Gasteiger partial charge in [-0.3, -0.25) is 0 Å². The van der Waals surface area contributed by atoms with Gasteiger partial charge >= 0.3 is 0 Å². The largest absolute Gasteiger partial charge is 0.254 e. The van der Waals surface area contributed by atoms with Crippen LogP contribution in [0.5, 0.6) is 0 Å². The molecule has 0 spiro atoms. The lowest BCUT2D eigenvalue weighted by atomic mass is 11.9. The maximum absolute atomic E-state index is 10.1. The van der Waals surface area contributed by atoms with Crippen LogP contribution < -0.4 is 0 Å². The highest BCUT2D eigenvalue weighted by Crippen LogP contribution is 2.20. The van der Waals surface area contributed by atoms with Gasteiger partial charge in [-0.05, 0) is 0 Å². The molecule has 0 amide bonds. The van der Waals surface area contributed by atoms with Gasteiger partial charge in [0.05, 0.1) is 0 Å². The minimum atomic E-state index is -3.30. The molecule has 0 saturated carbocycles. The van der Waals surface area contributed by atoms with Crippen molar-refractivity contribution in [2.45, 2.75) is 1.26 Å². The van der Waals surface area contributed by atoms with Crippen LogP contribution >= 0.6 is 55.9 Å². The van der Waals surface area contributed by atoms with Crippen LogP contribution in [0.4, 0.5) is 0 Å². The Morgan fingerprint density at radius 2 is 1.57 bits per heavy atom. The molecule has 0 aliphatic heterocycles. The van der Waals surface area contributed by atoms with E-state index in [4.69, 9.17) is 10.7 Å². The van der Waals surface area contributed by atoms with E-state index in [9.17, 15) is 8.42 Å². The molecular formula is CHClI2O2S. The van der Waals surface area contributed by atoms with Gasteiger partial charge < -0.3 is 0 Å².